The Hall–Kier alpha value is -1.06. The number of halogens is 1. The summed E-state index contributed by atoms with van der Waals surface area (Å²) in [7, 11) is 0. The minimum atomic E-state index is -0.0748. The number of benzene rings is 1. The summed E-state index contributed by atoms with van der Waals surface area (Å²) in [5.41, 5.74) is 0.895. The van der Waals surface area contributed by atoms with Gasteiger partial charge in [0.2, 0.25) is 5.91 Å². The van der Waals surface area contributed by atoms with E-state index in [2.05, 4.69) is 38.3 Å². The van der Waals surface area contributed by atoms with Crippen molar-refractivity contribution >= 4 is 23.2 Å². The molecule has 0 aliphatic rings. The summed E-state index contributed by atoms with van der Waals surface area (Å²) in [5, 5.41) is 6.52. The fraction of sp³-hybridized carbons (Fsp3) is 0.533. The molecule has 1 atom stereocenters. The third-order valence-corrected chi connectivity index (χ3v) is 3.69. The van der Waals surface area contributed by atoms with Crippen LogP contribution < -0.4 is 10.6 Å². The van der Waals surface area contributed by atoms with Gasteiger partial charge in [-0.15, -0.1) is 0 Å². The van der Waals surface area contributed by atoms with E-state index in [1.807, 2.05) is 12.1 Å². The molecule has 0 bridgehead atoms. The van der Waals surface area contributed by atoms with Crippen LogP contribution in [0.15, 0.2) is 24.3 Å². The third kappa shape index (κ3) is 5.62. The molecule has 0 radical (unpaired) electrons. The number of carbonyl (C=O) groups excluding carboxylic acids is 1. The maximum atomic E-state index is 11.8. The van der Waals surface area contributed by atoms with Gasteiger partial charge in [0.15, 0.2) is 0 Å². The van der Waals surface area contributed by atoms with E-state index in [9.17, 15) is 4.79 Å². The highest BCUT2D eigenvalue weighted by molar-refractivity contribution is 6.33. The van der Waals surface area contributed by atoms with Gasteiger partial charge in [0.05, 0.1) is 17.3 Å². The van der Waals surface area contributed by atoms with Crippen LogP contribution in [0.2, 0.25) is 5.02 Å². The molecule has 0 saturated heterocycles. The van der Waals surface area contributed by atoms with Crippen molar-refractivity contribution in [3.63, 3.8) is 0 Å². The molecule has 0 spiro atoms. The van der Waals surface area contributed by atoms with E-state index in [4.69, 9.17) is 11.6 Å². The van der Waals surface area contributed by atoms with Crippen molar-refractivity contribution in [3.8, 4) is 0 Å². The van der Waals surface area contributed by atoms with Crippen LogP contribution in [0.5, 0.6) is 0 Å². The molecule has 1 unspecified atom stereocenters. The quantitative estimate of drug-likeness (QED) is 0.867. The van der Waals surface area contributed by atoms with Gasteiger partial charge in [0, 0.05) is 0 Å². The Kier molecular flexibility index (Phi) is 5.83. The normalized spacial score (nSPS) is 13.1. The molecular formula is C15H23ClN2O. The minimum absolute atomic E-state index is 0.0748. The molecule has 0 aliphatic heterocycles. The molecule has 2 N–H and O–H groups in total. The summed E-state index contributed by atoms with van der Waals surface area (Å²) < 4.78 is 0. The van der Waals surface area contributed by atoms with Crippen molar-refractivity contribution in [2.24, 2.45) is 11.3 Å². The van der Waals surface area contributed by atoms with Crippen molar-refractivity contribution < 1.29 is 4.79 Å². The molecule has 0 aromatic heterocycles. The average Bonchev–Trinajstić information content (AvgIpc) is 2.31. The highest BCUT2D eigenvalue weighted by Crippen LogP contribution is 2.24. The lowest BCUT2D eigenvalue weighted by atomic mass is 9.82. The summed E-state index contributed by atoms with van der Waals surface area (Å²) in [5.74, 6) is 0.426. The number of hydrogen-bond acceptors (Lipinski definition) is 2. The zero-order chi connectivity index (χ0) is 14.5. The van der Waals surface area contributed by atoms with E-state index in [1.54, 1.807) is 12.1 Å². The number of amides is 1. The zero-order valence-electron chi connectivity index (χ0n) is 12.1. The Morgan fingerprint density at radius 2 is 1.95 bits per heavy atom. The van der Waals surface area contributed by atoms with E-state index < -0.39 is 0 Å². The highest BCUT2D eigenvalue weighted by atomic mass is 35.5. The minimum Gasteiger partial charge on any atom is -0.324 e. The largest absolute Gasteiger partial charge is 0.324 e. The molecule has 1 rings (SSSR count). The van der Waals surface area contributed by atoms with Crippen LogP contribution in [-0.4, -0.2) is 19.0 Å². The summed E-state index contributed by atoms with van der Waals surface area (Å²) in [6.45, 7) is 9.89. The maximum Gasteiger partial charge on any atom is 0.238 e. The lowest BCUT2D eigenvalue weighted by Crippen LogP contribution is -2.34. The maximum absolute atomic E-state index is 11.8. The van der Waals surface area contributed by atoms with Crippen LogP contribution in [0.1, 0.15) is 27.7 Å². The average molecular weight is 283 g/mol. The lowest BCUT2D eigenvalue weighted by molar-refractivity contribution is -0.115. The van der Waals surface area contributed by atoms with Gasteiger partial charge in [0.25, 0.3) is 0 Å². The monoisotopic (exact) mass is 282 g/mol. The van der Waals surface area contributed by atoms with Crippen molar-refractivity contribution in [1.82, 2.24) is 5.32 Å². The number of rotatable bonds is 5. The van der Waals surface area contributed by atoms with Crippen LogP contribution in [0.3, 0.4) is 0 Å². The first-order valence-corrected chi connectivity index (χ1v) is 6.93. The standard InChI is InChI=1S/C15H23ClN2O/c1-11(15(2,3)4)9-17-10-14(19)18-13-8-6-5-7-12(13)16/h5-8,11,17H,9-10H2,1-4H3,(H,18,19). The molecule has 0 saturated carbocycles. The van der Waals surface area contributed by atoms with Gasteiger partial charge in [0.1, 0.15) is 0 Å². The summed E-state index contributed by atoms with van der Waals surface area (Å²) in [6, 6.07) is 7.22. The highest BCUT2D eigenvalue weighted by Gasteiger charge is 2.19. The molecule has 0 heterocycles. The molecular weight excluding hydrogens is 260 g/mol. The number of nitrogens with one attached hydrogen (secondary N) is 2. The number of carbonyl (C=O) groups is 1. The van der Waals surface area contributed by atoms with Crippen LogP contribution >= 0.6 is 11.6 Å². The number of para-hydroxylation sites is 1. The van der Waals surface area contributed by atoms with E-state index in [0.29, 0.717) is 23.2 Å². The van der Waals surface area contributed by atoms with Gasteiger partial charge < -0.3 is 10.6 Å². The molecule has 1 amide bonds. The Morgan fingerprint density at radius 1 is 1.32 bits per heavy atom. The second-order valence-corrected chi connectivity index (χ2v) is 6.33. The fourth-order valence-corrected chi connectivity index (χ4v) is 1.65. The van der Waals surface area contributed by atoms with Gasteiger partial charge in [-0.2, -0.15) is 0 Å². The predicted octanol–water partition coefficient (Wildman–Crippen LogP) is 3.55. The summed E-state index contributed by atoms with van der Waals surface area (Å²) >= 11 is 5.98. The Balaban J connectivity index is 2.35. The second kappa shape index (κ2) is 6.92. The Bertz CT molecular complexity index is 426. The van der Waals surface area contributed by atoms with Crippen molar-refractivity contribution in [2.75, 3.05) is 18.4 Å². The first kappa shape index (κ1) is 16.0. The van der Waals surface area contributed by atoms with Crippen molar-refractivity contribution in [3.05, 3.63) is 29.3 Å². The third-order valence-electron chi connectivity index (χ3n) is 3.36. The molecule has 1 aromatic rings. The molecule has 4 heteroatoms. The second-order valence-electron chi connectivity index (χ2n) is 5.93. The lowest BCUT2D eigenvalue weighted by Gasteiger charge is -2.27. The molecule has 1 aromatic carbocycles. The number of anilines is 1. The molecule has 0 aliphatic carbocycles. The van der Waals surface area contributed by atoms with Crippen molar-refractivity contribution in [2.45, 2.75) is 27.7 Å². The van der Waals surface area contributed by atoms with Gasteiger partial charge in [-0.1, -0.05) is 51.4 Å². The van der Waals surface area contributed by atoms with Crippen LogP contribution in [0.25, 0.3) is 0 Å². The Morgan fingerprint density at radius 3 is 2.53 bits per heavy atom. The fourth-order valence-electron chi connectivity index (χ4n) is 1.47. The zero-order valence-corrected chi connectivity index (χ0v) is 12.8. The Labute approximate surface area is 120 Å². The van der Waals surface area contributed by atoms with Crippen molar-refractivity contribution in [1.29, 1.82) is 0 Å². The molecule has 0 fully saturated rings. The first-order chi connectivity index (χ1) is 8.80. The van der Waals surface area contributed by atoms with E-state index >= 15 is 0 Å². The molecule has 3 nitrogen and oxygen atoms in total. The van der Waals surface area contributed by atoms with E-state index in [0.717, 1.165) is 6.54 Å². The summed E-state index contributed by atoms with van der Waals surface area (Å²) in [4.78, 5) is 11.8. The molecule has 19 heavy (non-hydrogen) atoms. The van der Waals surface area contributed by atoms with Gasteiger partial charge >= 0.3 is 0 Å². The van der Waals surface area contributed by atoms with Gasteiger partial charge in [-0.25, -0.2) is 0 Å². The number of hydrogen-bond donors (Lipinski definition) is 2. The van der Waals surface area contributed by atoms with Crippen LogP contribution in [-0.2, 0) is 4.79 Å². The van der Waals surface area contributed by atoms with E-state index in [-0.39, 0.29) is 11.3 Å². The summed E-state index contributed by atoms with van der Waals surface area (Å²) in [6.07, 6.45) is 0. The van der Waals surface area contributed by atoms with Crippen LogP contribution in [0.4, 0.5) is 5.69 Å². The molecule has 106 valence electrons. The van der Waals surface area contributed by atoms with E-state index in [1.165, 1.54) is 0 Å². The smallest absolute Gasteiger partial charge is 0.238 e. The predicted molar refractivity (Wildman–Crippen MR) is 81.6 cm³/mol. The topological polar surface area (TPSA) is 41.1 Å². The SMILES string of the molecule is CC(CNCC(=O)Nc1ccccc1Cl)C(C)(C)C. The van der Waals surface area contributed by atoms with Gasteiger partial charge in [-0.3, -0.25) is 4.79 Å². The van der Waals surface area contributed by atoms with Crippen LogP contribution in [0, 0.1) is 11.3 Å². The van der Waals surface area contributed by atoms with Gasteiger partial charge in [-0.05, 0) is 30.0 Å². The first-order valence-electron chi connectivity index (χ1n) is 6.56.